The van der Waals surface area contributed by atoms with Gasteiger partial charge in [-0.2, -0.15) is 0 Å². The summed E-state index contributed by atoms with van der Waals surface area (Å²) in [5.74, 6) is -0.416. The summed E-state index contributed by atoms with van der Waals surface area (Å²) in [6.45, 7) is 2.09. The van der Waals surface area contributed by atoms with E-state index in [0.29, 0.717) is 17.4 Å². The van der Waals surface area contributed by atoms with E-state index >= 15 is 0 Å². The third kappa shape index (κ3) is 2.97. The predicted molar refractivity (Wildman–Crippen MR) is 63.4 cm³/mol. The topological polar surface area (TPSA) is 77.0 Å². The first-order valence-electron chi connectivity index (χ1n) is 4.94. The Bertz CT molecular complexity index is 500. The fourth-order valence-corrected chi connectivity index (χ4v) is 1.82. The van der Waals surface area contributed by atoms with Crippen molar-refractivity contribution in [1.29, 1.82) is 0 Å². The molecule has 0 saturated carbocycles. The van der Waals surface area contributed by atoms with Crippen LogP contribution < -0.4 is 5.32 Å². The molecule has 0 fully saturated rings. The SMILES string of the molecule is CCOC(=O)c1csc(Nc2cncnc2)n1. The van der Waals surface area contributed by atoms with Crippen molar-refractivity contribution < 1.29 is 9.53 Å². The van der Waals surface area contributed by atoms with E-state index < -0.39 is 5.97 Å². The van der Waals surface area contributed by atoms with Crippen molar-refractivity contribution in [2.45, 2.75) is 6.92 Å². The van der Waals surface area contributed by atoms with Crippen LogP contribution in [0.1, 0.15) is 17.4 Å². The highest BCUT2D eigenvalue weighted by Crippen LogP contribution is 2.20. The summed E-state index contributed by atoms with van der Waals surface area (Å²) in [4.78, 5) is 23.2. The van der Waals surface area contributed by atoms with Crippen LogP contribution in [-0.2, 0) is 4.74 Å². The van der Waals surface area contributed by atoms with Gasteiger partial charge in [-0.15, -0.1) is 11.3 Å². The molecule has 2 aromatic rings. The van der Waals surface area contributed by atoms with Crippen molar-refractivity contribution in [3.05, 3.63) is 29.8 Å². The van der Waals surface area contributed by atoms with Gasteiger partial charge >= 0.3 is 5.97 Å². The highest BCUT2D eigenvalue weighted by molar-refractivity contribution is 7.14. The number of carbonyl (C=O) groups excluding carboxylic acids is 1. The number of hydrogen-bond donors (Lipinski definition) is 1. The molecular formula is C10H10N4O2S. The van der Waals surface area contributed by atoms with Gasteiger partial charge in [-0.3, -0.25) is 0 Å². The number of rotatable bonds is 4. The molecule has 0 saturated heterocycles. The van der Waals surface area contributed by atoms with Crippen LogP contribution in [0.2, 0.25) is 0 Å². The van der Waals surface area contributed by atoms with E-state index in [2.05, 4.69) is 20.3 Å². The predicted octanol–water partition coefficient (Wildman–Crippen LogP) is 1.85. The number of aromatic nitrogens is 3. The molecule has 0 aliphatic carbocycles. The van der Waals surface area contributed by atoms with Crippen molar-refractivity contribution in [1.82, 2.24) is 15.0 Å². The van der Waals surface area contributed by atoms with Gasteiger partial charge in [-0.05, 0) is 6.92 Å². The molecule has 0 spiro atoms. The number of esters is 1. The zero-order chi connectivity index (χ0) is 12.1. The fraction of sp³-hybridized carbons (Fsp3) is 0.200. The number of nitrogens with zero attached hydrogens (tertiary/aromatic N) is 3. The molecule has 0 aliphatic rings. The monoisotopic (exact) mass is 250 g/mol. The van der Waals surface area contributed by atoms with Crippen molar-refractivity contribution in [3.63, 3.8) is 0 Å². The Hall–Kier alpha value is -2.02. The first-order chi connectivity index (χ1) is 8.29. The van der Waals surface area contributed by atoms with Gasteiger partial charge in [0.25, 0.3) is 0 Å². The molecule has 2 aromatic heterocycles. The molecule has 0 aromatic carbocycles. The molecule has 7 heteroatoms. The molecule has 17 heavy (non-hydrogen) atoms. The minimum absolute atomic E-state index is 0.302. The van der Waals surface area contributed by atoms with Gasteiger partial charge in [-0.25, -0.2) is 19.7 Å². The maximum absolute atomic E-state index is 11.4. The van der Waals surface area contributed by atoms with E-state index in [9.17, 15) is 4.79 Å². The Kier molecular flexibility index (Phi) is 3.61. The van der Waals surface area contributed by atoms with E-state index in [1.54, 1.807) is 24.7 Å². The average molecular weight is 250 g/mol. The largest absolute Gasteiger partial charge is 0.461 e. The Balaban J connectivity index is 2.06. The minimum atomic E-state index is -0.416. The van der Waals surface area contributed by atoms with E-state index in [1.165, 1.54) is 17.7 Å². The van der Waals surface area contributed by atoms with Gasteiger partial charge < -0.3 is 10.1 Å². The first kappa shape index (κ1) is 11.5. The number of nitrogens with one attached hydrogen (secondary N) is 1. The molecule has 2 rings (SSSR count). The van der Waals surface area contributed by atoms with E-state index in [1.807, 2.05) is 0 Å². The van der Waals surface area contributed by atoms with Crippen LogP contribution in [0.5, 0.6) is 0 Å². The molecular weight excluding hydrogens is 240 g/mol. The van der Waals surface area contributed by atoms with Crippen molar-refractivity contribution in [2.75, 3.05) is 11.9 Å². The highest BCUT2D eigenvalue weighted by atomic mass is 32.1. The number of hydrogen-bond acceptors (Lipinski definition) is 7. The van der Waals surface area contributed by atoms with Crippen LogP contribution in [0.15, 0.2) is 24.1 Å². The Morgan fingerprint density at radius 1 is 1.47 bits per heavy atom. The quantitative estimate of drug-likeness (QED) is 0.834. The lowest BCUT2D eigenvalue weighted by Gasteiger charge is -1.99. The molecule has 0 radical (unpaired) electrons. The summed E-state index contributed by atoms with van der Waals surface area (Å²) in [6, 6.07) is 0. The fourth-order valence-electron chi connectivity index (χ4n) is 1.12. The molecule has 6 nitrogen and oxygen atoms in total. The van der Waals surface area contributed by atoms with Crippen LogP contribution in [0.3, 0.4) is 0 Å². The Morgan fingerprint density at radius 3 is 2.94 bits per heavy atom. The summed E-state index contributed by atoms with van der Waals surface area (Å²) in [7, 11) is 0. The molecule has 88 valence electrons. The summed E-state index contributed by atoms with van der Waals surface area (Å²) < 4.78 is 4.84. The van der Waals surface area contributed by atoms with Gasteiger partial charge in [0.05, 0.1) is 24.7 Å². The minimum Gasteiger partial charge on any atom is -0.461 e. The molecule has 0 amide bonds. The van der Waals surface area contributed by atoms with Crippen molar-refractivity contribution >= 4 is 28.1 Å². The lowest BCUT2D eigenvalue weighted by Crippen LogP contribution is -2.05. The number of carbonyl (C=O) groups is 1. The number of ether oxygens (including phenoxy) is 1. The molecule has 0 bridgehead atoms. The third-order valence-electron chi connectivity index (χ3n) is 1.80. The van der Waals surface area contributed by atoms with Gasteiger partial charge in [0.15, 0.2) is 10.8 Å². The zero-order valence-electron chi connectivity index (χ0n) is 9.08. The van der Waals surface area contributed by atoms with Crippen molar-refractivity contribution in [2.24, 2.45) is 0 Å². The molecule has 2 heterocycles. The summed E-state index contributed by atoms with van der Waals surface area (Å²) >= 11 is 1.32. The van der Waals surface area contributed by atoms with Crippen LogP contribution in [0, 0.1) is 0 Å². The zero-order valence-corrected chi connectivity index (χ0v) is 9.90. The summed E-state index contributed by atoms with van der Waals surface area (Å²) in [5.41, 5.74) is 1.02. The van der Waals surface area contributed by atoms with Gasteiger partial charge in [0.1, 0.15) is 6.33 Å². The second kappa shape index (κ2) is 5.35. The smallest absolute Gasteiger partial charge is 0.357 e. The normalized spacial score (nSPS) is 9.94. The average Bonchev–Trinajstić information content (AvgIpc) is 2.79. The Labute approximate surface area is 102 Å². The van der Waals surface area contributed by atoms with Gasteiger partial charge in [-0.1, -0.05) is 0 Å². The van der Waals surface area contributed by atoms with Crippen LogP contribution >= 0.6 is 11.3 Å². The number of anilines is 2. The van der Waals surface area contributed by atoms with E-state index in [0.717, 1.165) is 5.69 Å². The summed E-state index contributed by atoms with van der Waals surface area (Å²) in [5, 5.41) is 5.24. The number of thiazole rings is 1. The molecule has 0 atom stereocenters. The van der Waals surface area contributed by atoms with Crippen molar-refractivity contribution in [3.8, 4) is 0 Å². The first-order valence-corrected chi connectivity index (χ1v) is 5.82. The second-order valence-electron chi connectivity index (χ2n) is 3.01. The van der Waals surface area contributed by atoms with E-state index in [-0.39, 0.29) is 0 Å². The van der Waals surface area contributed by atoms with Gasteiger partial charge in [0, 0.05) is 5.38 Å². The molecule has 0 unspecified atom stereocenters. The lowest BCUT2D eigenvalue weighted by molar-refractivity contribution is 0.0520. The highest BCUT2D eigenvalue weighted by Gasteiger charge is 2.11. The molecule has 0 aliphatic heterocycles. The standard InChI is InChI=1S/C10H10N4O2S/c1-2-16-9(15)8-5-17-10(14-8)13-7-3-11-6-12-4-7/h3-6H,2H2,1H3,(H,13,14). The molecule has 1 N–H and O–H groups in total. The van der Waals surface area contributed by atoms with Crippen LogP contribution in [0.4, 0.5) is 10.8 Å². The summed E-state index contributed by atoms with van der Waals surface area (Å²) in [6.07, 6.45) is 4.69. The van der Waals surface area contributed by atoms with Gasteiger partial charge in [0.2, 0.25) is 0 Å². The van der Waals surface area contributed by atoms with E-state index in [4.69, 9.17) is 4.74 Å². The second-order valence-corrected chi connectivity index (χ2v) is 3.87. The van der Waals surface area contributed by atoms with Crippen LogP contribution in [0.25, 0.3) is 0 Å². The Morgan fingerprint density at radius 2 is 2.24 bits per heavy atom. The van der Waals surface area contributed by atoms with Crippen LogP contribution in [-0.4, -0.2) is 27.5 Å². The lowest BCUT2D eigenvalue weighted by atomic mass is 10.5. The third-order valence-corrected chi connectivity index (χ3v) is 2.56. The maximum Gasteiger partial charge on any atom is 0.357 e. The maximum atomic E-state index is 11.4.